The van der Waals surface area contributed by atoms with Crippen molar-refractivity contribution >= 4 is 5.91 Å². The Morgan fingerprint density at radius 1 is 1.62 bits per heavy atom. The highest BCUT2D eigenvalue weighted by Crippen LogP contribution is 2.02. The molecular formula is C10H19N5O. The second-order valence-electron chi connectivity index (χ2n) is 4.14. The molecule has 0 aliphatic rings. The SMILES string of the molecule is CC(C)CCn1cc(CNC(=O)CN)nn1. The quantitative estimate of drug-likeness (QED) is 0.708. The Morgan fingerprint density at radius 2 is 2.38 bits per heavy atom. The molecule has 3 N–H and O–H groups in total. The third kappa shape index (κ3) is 4.39. The van der Waals surface area contributed by atoms with Gasteiger partial charge in [-0.05, 0) is 12.3 Å². The van der Waals surface area contributed by atoms with E-state index in [1.54, 1.807) is 4.68 Å². The average Bonchev–Trinajstić information content (AvgIpc) is 2.71. The standard InChI is InChI=1S/C10H19N5O/c1-8(2)3-4-15-7-9(13-14-15)6-12-10(16)5-11/h7-8H,3-6,11H2,1-2H3,(H,12,16). The van der Waals surface area contributed by atoms with Crippen LogP contribution in [0.4, 0.5) is 0 Å². The van der Waals surface area contributed by atoms with E-state index in [-0.39, 0.29) is 12.5 Å². The highest BCUT2D eigenvalue weighted by molar-refractivity contribution is 5.77. The van der Waals surface area contributed by atoms with Crippen LogP contribution >= 0.6 is 0 Å². The van der Waals surface area contributed by atoms with E-state index in [1.807, 2.05) is 6.20 Å². The largest absolute Gasteiger partial charge is 0.349 e. The average molecular weight is 225 g/mol. The van der Waals surface area contributed by atoms with Gasteiger partial charge in [-0.25, -0.2) is 0 Å². The summed E-state index contributed by atoms with van der Waals surface area (Å²) in [6.07, 6.45) is 2.91. The number of hydrogen-bond donors (Lipinski definition) is 2. The maximum Gasteiger partial charge on any atom is 0.234 e. The first kappa shape index (κ1) is 12.6. The maximum absolute atomic E-state index is 10.9. The van der Waals surface area contributed by atoms with Gasteiger partial charge in [-0.2, -0.15) is 0 Å². The lowest BCUT2D eigenvalue weighted by Crippen LogP contribution is -2.29. The Bertz CT molecular complexity index is 334. The Hall–Kier alpha value is -1.43. The molecule has 0 bridgehead atoms. The van der Waals surface area contributed by atoms with Crippen molar-refractivity contribution in [2.75, 3.05) is 6.54 Å². The molecule has 0 aromatic carbocycles. The molecule has 0 aliphatic heterocycles. The van der Waals surface area contributed by atoms with Gasteiger partial charge in [0.1, 0.15) is 5.69 Å². The highest BCUT2D eigenvalue weighted by atomic mass is 16.1. The summed E-state index contributed by atoms with van der Waals surface area (Å²) in [7, 11) is 0. The van der Waals surface area contributed by atoms with E-state index in [0.717, 1.165) is 18.7 Å². The zero-order valence-electron chi connectivity index (χ0n) is 9.81. The van der Waals surface area contributed by atoms with E-state index in [0.29, 0.717) is 12.5 Å². The molecule has 0 fully saturated rings. The van der Waals surface area contributed by atoms with Crippen molar-refractivity contribution in [3.05, 3.63) is 11.9 Å². The molecule has 0 saturated carbocycles. The number of aryl methyl sites for hydroxylation is 1. The zero-order valence-corrected chi connectivity index (χ0v) is 9.81. The number of amides is 1. The zero-order chi connectivity index (χ0) is 12.0. The summed E-state index contributed by atoms with van der Waals surface area (Å²) in [5.74, 6) is 0.460. The van der Waals surface area contributed by atoms with Crippen LogP contribution in [0.3, 0.4) is 0 Å². The number of nitrogens with two attached hydrogens (primary N) is 1. The molecule has 16 heavy (non-hydrogen) atoms. The number of aromatic nitrogens is 3. The van der Waals surface area contributed by atoms with Crippen molar-refractivity contribution in [1.82, 2.24) is 20.3 Å². The molecule has 1 aromatic heterocycles. The van der Waals surface area contributed by atoms with Crippen LogP contribution in [0, 0.1) is 5.92 Å². The van der Waals surface area contributed by atoms with Crippen LogP contribution in [0.2, 0.25) is 0 Å². The van der Waals surface area contributed by atoms with Crippen molar-refractivity contribution in [3.8, 4) is 0 Å². The molecule has 0 atom stereocenters. The minimum atomic E-state index is -0.184. The van der Waals surface area contributed by atoms with Crippen molar-refractivity contribution < 1.29 is 4.79 Å². The van der Waals surface area contributed by atoms with Crippen LogP contribution in [-0.2, 0) is 17.9 Å². The number of nitrogens with one attached hydrogen (secondary N) is 1. The van der Waals surface area contributed by atoms with Crippen LogP contribution in [0.15, 0.2) is 6.20 Å². The van der Waals surface area contributed by atoms with Gasteiger partial charge in [-0.1, -0.05) is 19.1 Å². The van der Waals surface area contributed by atoms with E-state index < -0.39 is 0 Å². The lowest BCUT2D eigenvalue weighted by atomic mass is 10.1. The number of hydrogen-bond acceptors (Lipinski definition) is 4. The first-order valence-corrected chi connectivity index (χ1v) is 5.47. The molecule has 0 aliphatic carbocycles. The van der Waals surface area contributed by atoms with E-state index in [9.17, 15) is 4.79 Å². The topological polar surface area (TPSA) is 85.8 Å². The lowest BCUT2D eigenvalue weighted by molar-refractivity contribution is -0.119. The van der Waals surface area contributed by atoms with Crippen LogP contribution < -0.4 is 11.1 Å². The molecule has 0 radical (unpaired) electrons. The van der Waals surface area contributed by atoms with Gasteiger partial charge in [0.05, 0.1) is 19.3 Å². The van der Waals surface area contributed by atoms with E-state index in [2.05, 4.69) is 29.5 Å². The molecule has 0 unspecified atom stereocenters. The summed E-state index contributed by atoms with van der Waals surface area (Å²) < 4.78 is 1.80. The molecule has 0 spiro atoms. The van der Waals surface area contributed by atoms with Gasteiger partial charge in [0, 0.05) is 6.54 Å². The van der Waals surface area contributed by atoms with Crippen molar-refractivity contribution in [2.24, 2.45) is 11.7 Å². The summed E-state index contributed by atoms with van der Waals surface area (Å²) >= 11 is 0. The Balaban J connectivity index is 2.36. The Labute approximate surface area is 95.2 Å². The van der Waals surface area contributed by atoms with Gasteiger partial charge in [0.25, 0.3) is 0 Å². The smallest absolute Gasteiger partial charge is 0.234 e. The second kappa shape index (κ2) is 6.22. The molecule has 1 amide bonds. The predicted molar refractivity (Wildman–Crippen MR) is 60.4 cm³/mol. The molecule has 0 saturated heterocycles. The normalized spacial score (nSPS) is 10.8. The third-order valence-electron chi connectivity index (χ3n) is 2.17. The summed E-state index contributed by atoms with van der Waals surface area (Å²) in [6, 6.07) is 0. The van der Waals surface area contributed by atoms with E-state index >= 15 is 0 Å². The fourth-order valence-electron chi connectivity index (χ4n) is 1.18. The molecule has 1 rings (SSSR count). The van der Waals surface area contributed by atoms with Crippen molar-refractivity contribution in [1.29, 1.82) is 0 Å². The number of rotatable bonds is 6. The number of nitrogens with zero attached hydrogens (tertiary/aromatic N) is 3. The third-order valence-corrected chi connectivity index (χ3v) is 2.17. The predicted octanol–water partition coefficient (Wildman–Crippen LogP) is -0.101. The molecule has 1 heterocycles. The lowest BCUT2D eigenvalue weighted by Gasteiger charge is -2.02. The minimum Gasteiger partial charge on any atom is -0.349 e. The van der Waals surface area contributed by atoms with Gasteiger partial charge >= 0.3 is 0 Å². The monoisotopic (exact) mass is 225 g/mol. The summed E-state index contributed by atoms with van der Waals surface area (Å²) in [5, 5.41) is 10.6. The van der Waals surface area contributed by atoms with Crippen LogP contribution in [0.1, 0.15) is 26.0 Å². The minimum absolute atomic E-state index is 0.00147. The van der Waals surface area contributed by atoms with Crippen molar-refractivity contribution in [3.63, 3.8) is 0 Å². The second-order valence-corrected chi connectivity index (χ2v) is 4.14. The summed E-state index contributed by atoms with van der Waals surface area (Å²) in [5.41, 5.74) is 5.92. The summed E-state index contributed by atoms with van der Waals surface area (Å²) in [4.78, 5) is 10.9. The molecular weight excluding hydrogens is 206 g/mol. The summed E-state index contributed by atoms with van der Waals surface area (Å²) in [6.45, 7) is 5.58. The van der Waals surface area contributed by atoms with Crippen LogP contribution in [0.5, 0.6) is 0 Å². The van der Waals surface area contributed by atoms with Crippen LogP contribution in [-0.4, -0.2) is 27.4 Å². The number of carbonyl (C=O) groups excluding carboxylic acids is 1. The van der Waals surface area contributed by atoms with Crippen molar-refractivity contribution in [2.45, 2.75) is 33.4 Å². The Morgan fingerprint density at radius 3 is 3.00 bits per heavy atom. The molecule has 6 heteroatoms. The van der Waals surface area contributed by atoms with E-state index in [4.69, 9.17) is 5.73 Å². The fraction of sp³-hybridized carbons (Fsp3) is 0.700. The fourth-order valence-corrected chi connectivity index (χ4v) is 1.18. The van der Waals surface area contributed by atoms with Gasteiger partial charge in [-0.15, -0.1) is 5.10 Å². The Kier molecular flexibility index (Phi) is 4.91. The van der Waals surface area contributed by atoms with Gasteiger partial charge < -0.3 is 11.1 Å². The van der Waals surface area contributed by atoms with Crippen LogP contribution in [0.25, 0.3) is 0 Å². The van der Waals surface area contributed by atoms with E-state index in [1.165, 1.54) is 0 Å². The molecule has 90 valence electrons. The molecule has 1 aromatic rings. The number of carbonyl (C=O) groups is 1. The first-order chi connectivity index (χ1) is 7.61. The first-order valence-electron chi connectivity index (χ1n) is 5.47. The van der Waals surface area contributed by atoms with Gasteiger partial charge in [0.15, 0.2) is 0 Å². The molecule has 6 nitrogen and oxygen atoms in total. The maximum atomic E-state index is 10.9. The highest BCUT2D eigenvalue weighted by Gasteiger charge is 2.03. The van der Waals surface area contributed by atoms with Gasteiger partial charge in [0.2, 0.25) is 5.91 Å². The van der Waals surface area contributed by atoms with Gasteiger partial charge in [-0.3, -0.25) is 9.48 Å².